The molecule has 21 heavy (non-hydrogen) atoms. The van der Waals surface area contributed by atoms with Crippen LogP contribution in [0.4, 0.5) is 0 Å². The molecule has 1 aromatic rings. The molecule has 0 spiro atoms. The van der Waals surface area contributed by atoms with Gasteiger partial charge in [0, 0.05) is 25.1 Å². The van der Waals surface area contributed by atoms with Crippen molar-refractivity contribution in [3.63, 3.8) is 0 Å². The van der Waals surface area contributed by atoms with Crippen LogP contribution in [0, 0.1) is 0 Å². The van der Waals surface area contributed by atoms with E-state index in [2.05, 4.69) is 17.2 Å². The molecule has 6 nitrogen and oxygen atoms in total. The van der Waals surface area contributed by atoms with Crippen molar-refractivity contribution < 1.29 is 14.2 Å². The van der Waals surface area contributed by atoms with Gasteiger partial charge in [-0.1, -0.05) is 18.6 Å². The highest BCUT2D eigenvalue weighted by molar-refractivity contribution is 6.17. The second-order valence-corrected chi connectivity index (χ2v) is 4.98. The Morgan fingerprint density at radius 1 is 1.05 bits per heavy atom. The van der Waals surface area contributed by atoms with Crippen molar-refractivity contribution in [2.75, 3.05) is 45.5 Å². The summed E-state index contributed by atoms with van der Waals surface area (Å²) in [6, 6.07) is 0. The van der Waals surface area contributed by atoms with Crippen molar-refractivity contribution in [3.05, 3.63) is 11.9 Å². The van der Waals surface area contributed by atoms with E-state index in [1.165, 1.54) is 0 Å². The van der Waals surface area contributed by atoms with E-state index < -0.39 is 0 Å². The number of rotatable bonds is 14. The van der Waals surface area contributed by atoms with Crippen molar-refractivity contribution in [1.29, 1.82) is 0 Å². The van der Waals surface area contributed by atoms with Gasteiger partial charge in [0.2, 0.25) is 0 Å². The summed E-state index contributed by atoms with van der Waals surface area (Å²) in [5, 5.41) is 8.01. The zero-order valence-corrected chi connectivity index (χ0v) is 13.6. The monoisotopic (exact) mass is 319 g/mol. The quantitative estimate of drug-likeness (QED) is 0.387. The molecule has 0 fully saturated rings. The van der Waals surface area contributed by atoms with Gasteiger partial charge < -0.3 is 14.2 Å². The lowest BCUT2D eigenvalue weighted by atomic mass is 10.4. The third-order valence-electron chi connectivity index (χ3n) is 2.79. The maximum Gasteiger partial charge on any atom is 0.0839 e. The number of aromatic nitrogens is 3. The van der Waals surface area contributed by atoms with Crippen LogP contribution in [-0.2, 0) is 27.2 Å². The molecule has 1 heterocycles. The van der Waals surface area contributed by atoms with Gasteiger partial charge in [0.05, 0.1) is 45.3 Å². The first kappa shape index (κ1) is 18.4. The van der Waals surface area contributed by atoms with Crippen LogP contribution in [0.1, 0.15) is 25.5 Å². The van der Waals surface area contributed by atoms with Gasteiger partial charge in [0.25, 0.3) is 0 Å². The minimum absolute atomic E-state index is 0.564. The predicted octanol–water partition coefficient (Wildman–Crippen LogP) is 1.91. The zero-order valence-electron chi connectivity index (χ0n) is 12.8. The highest BCUT2D eigenvalue weighted by Gasteiger charge is 1.99. The van der Waals surface area contributed by atoms with E-state index in [0.717, 1.165) is 31.6 Å². The highest BCUT2D eigenvalue weighted by Crippen LogP contribution is 1.96. The number of halogens is 1. The second-order valence-electron chi connectivity index (χ2n) is 4.60. The standard InChI is InChI=1S/C14H26ClN3O3/c1-2-3-7-19-9-11-21-12-10-20-8-6-18-13-14(4-5-15)16-17-18/h13H,2-12H2,1H3. The van der Waals surface area contributed by atoms with Gasteiger partial charge in [0.15, 0.2) is 0 Å². The van der Waals surface area contributed by atoms with E-state index >= 15 is 0 Å². The molecule has 0 aliphatic carbocycles. The predicted molar refractivity (Wildman–Crippen MR) is 81.8 cm³/mol. The summed E-state index contributed by atoms with van der Waals surface area (Å²) < 4.78 is 18.0. The first-order valence-corrected chi connectivity index (χ1v) is 8.08. The molecule has 0 unspecified atom stereocenters. The molecule has 0 saturated carbocycles. The van der Waals surface area contributed by atoms with E-state index in [9.17, 15) is 0 Å². The van der Waals surface area contributed by atoms with Gasteiger partial charge >= 0.3 is 0 Å². The number of hydrogen-bond donors (Lipinski definition) is 0. The first-order chi connectivity index (χ1) is 10.4. The van der Waals surface area contributed by atoms with E-state index in [4.69, 9.17) is 25.8 Å². The number of unbranched alkanes of at least 4 members (excludes halogenated alkanes) is 1. The molecule has 0 atom stereocenters. The van der Waals surface area contributed by atoms with E-state index in [1.807, 2.05) is 6.20 Å². The minimum atomic E-state index is 0.564. The topological polar surface area (TPSA) is 58.4 Å². The van der Waals surface area contributed by atoms with Crippen LogP contribution in [0.3, 0.4) is 0 Å². The molecule has 0 aliphatic heterocycles. The summed E-state index contributed by atoms with van der Waals surface area (Å²) in [5.41, 5.74) is 0.913. The average Bonchev–Trinajstić information content (AvgIpc) is 2.93. The Hall–Kier alpha value is -0.690. The lowest BCUT2D eigenvalue weighted by Crippen LogP contribution is -2.12. The van der Waals surface area contributed by atoms with Crippen molar-refractivity contribution in [3.8, 4) is 0 Å². The van der Waals surface area contributed by atoms with Gasteiger partial charge in [-0.2, -0.15) is 0 Å². The molecular weight excluding hydrogens is 294 g/mol. The maximum absolute atomic E-state index is 5.64. The van der Waals surface area contributed by atoms with Crippen molar-refractivity contribution in [2.45, 2.75) is 32.7 Å². The third kappa shape index (κ3) is 9.79. The molecule has 1 rings (SSSR count). The highest BCUT2D eigenvalue weighted by atomic mass is 35.5. The van der Waals surface area contributed by atoms with E-state index in [1.54, 1.807) is 4.68 Å². The van der Waals surface area contributed by atoms with E-state index in [0.29, 0.717) is 45.5 Å². The SMILES string of the molecule is CCCCOCCOCCOCCn1cc(CCCl)nn1. The molecule has 0 bridgehead atoms. The molecule has 0 N–H and O–H groups in total. The molecule has 0 saturated heterocycles. The smallest absolute Gasteiger partial charge is 0.0839 e. The molecule has 0 aliphatic rings. The Morgan fingerprint density at radius 3 is 2.38 bits per heavy atom. The summed E-state index contributed by atoms with van der Waals surface area (Å²) in [6.45, 7) is 6.70. The largest absolute Gasteiger partial charge is 0.379 e. The summed E-state index contributed by atoms with van der Waals surface area (Å²) in [4.78, 5) is 0. The molecule has 0 radical (unpaired) electrons. The fraction of sp³-hybridized carbons (Fsp3) is 0.857. The molecule has 0 aromatic carbocycles. The van der Waals surface area contributed by atoms with Gasteiger partial charge in [-0.25, -0.2) is 4.68 Å². The molecular formula is C14H26ClN3O3. The summed E-state index contributed by atoms with van der Waals surface area (Å²) in [6.07, 6.45) is 4.91. The van der Waals surface area contributed by atoms with Crippen LogP contribution in [0.2, 0.25) is 0 Å². The fourth-order valence-corrected chi connectivity index (χ4v) is 1.80. The fourth-order valence-electron chi connectivity index (χ4n) is 1.61. The van der Waals surface area contributed by atoms with Gasteiger partial charge in [-0.05, 0) is 6.42 Å². The Labute approximate surface area is 131 Å². The Bertz CT molecular complexity index is 350. The summed E-state index contributed by atoms with van der Waals surface area (Å²) >= 11 is 5.64. The van der Waals surface area contributed by atoms with Crippen LogP contribution in [-0.4, -0.2) is 60.5 Å². The minimum Gasteiger partial charge on any atom is -0.379 e. The van der Waals surface area contributed by atoms with E-state index in [-0.39, 0.29) is 0 Å². The molecule has 1 aromatic heterocycles. The normalized spacial score (nSPS) is 11.1. The Morgan fingerprint density at radius 2 is 1.71 bits per heavy atom. The van der Waals surface area contributed by atoms with Crippen LogP contribution in [0.25, 0.3) is 0 Å². The average molecular weight is 320 g/mol. The van der Waals surface area contributed by atoms with Crippen molar-refractivity contribution in [2.24, 2.45) is 0 Å². The van der Waals surface area contributed by atoms with Gasteiger partial charge in [0.1, 0.15) is 0 Å². The number of nitrogens with zero attached hydrogens (tertiary/aromatic N) is 3. The Kier molecular flexibility index (Phi) is 11.4. The Balaban J connectivity index is 1.86. The number of alkyl halides is 1. The van der Waals surface area contributed by atoms with Gasteiger partial charge in [-0.15, -0.1) is 16.7 Å². The molecule has 7 heteroatoms. The molecule has 0 amide bonds. The summed E-state index contributed by atoms with van der Waals surface area (Å²) in [5.74, 6) is 0.564. The first-order valence-electron chi connectivity index (χ1n) is 7.55. The maximum atomic E-state index is 5.64. The van der Waals surface area contributed by atoms with Crippen molar-refractivity contribution >= 4 is 11.6 Å². The third-order valence-corrected chi connectivity index (χ3v) is 2.98. The second kappa shape index (κ2) is 13.0. The number of hydrogen-bond acceptors (Lipinski definition) is 5. The van der Waals surface area contributed by atoms with Crippen LogP contribution in [0.15, 0.2) is 6.20 Å². The van der Waals surface area contributed by atoms with Crippen molar-refractivity contribution in [1.82, 2.24) is 15.0 Å². The zero-order chi connectivity index (χ0) is 15.2. The van der Waals surface area contributed by atoms with Crippen LogP contribution < -0.4 is 0 Å². The molecule has 122 valence electrons. The lowest BCUT2D eigenvalue weighted by molar-refractivity contribution is 0.0123. The number of aryl methyl sites for hydroxylation is 1. The van der Waals surface area contributed by atoms with Gasteiger partial charge in [-0.3, -0.25) is 0 Å². The van der Waals surface area contributed by atoms with Crippen LogP contribution >= 0.6 is 11.6 Å². The summed E-state index contributed by atoms with van der Waals surface area (Å²) in [7, 11) is 0. The lowest BCUT2D eigenvalue weighted by Gasteiger charge is -2.06. The number of ether oxygens (including phenoxy) is 3. The van der Waals surface area contributed by atoms with Crippen LogP contribution in [0.5, 0.6) is 0 Å².